The molecule has 7 nitrogen and oxygen atoms in total. The summed E-state index contributed by atoms with van der Waals surface area (Å²) in [5.74, 6) is 0.649. The predicted molar refractivity (Wildman–Crippen MR) is 74.1 cm³/mol. The Bertz CT molecular complexity index is 444. The number of unbranched alkanes of at least 4 members (excludes halogenated alkanes) is 1. The summed E-state index contributed by atoms with van der Waals surface area (Å²) in [6, 6.07) is 0.0440. The smallest absolute Gasteiger partial charge is 0.212 e. The number of hydrogen-bond donors (Lipinski definition) is 3. The lowest BCUT2D eigenvalue weighted by Crippen LogP contribution is -2.30. The summed E-state index contributed by atoms with van der Waals surface area (Å²) in [4.78, 5) is 3.93. The van der Waals surface area contributed by atoms with E-state index in [0.29, 0.717) is 18.3 Å². The van der Waals surface area contributed by atoms with Crippen molar-refractivity contribution in [2.45, 2.75) is 45.7 Å². The van der Waals surface area contributed by atoms with Gasteiger partial charge in [0.05, 0.1) is 11.8 Å². The maximum atomic E-state index is 11.8. The quantitative estimate of drug-likeness (QED) is 0.577. The van der Waals surface area contributed by atoms with Crippen LogP contribution in [0.15, 0.2) is 6.33 Å². The molecule has 0 saturated heterocycles. The zero-order chi connectivity index (χ0) is 14.3. The molecule has 0 aromatic carbocycles. The van der Waals surface area contributed by atoms with Crippen molar-refractivity contribution in [2.75, 3.05) is 12.3 Å². The molecule has 1 aromatic rings. The van der Waals surface area contributed by atoms with Crippen LogP contribution in [-0.4, -0.2) is 41.9 Å². The Labute approximate surface area is 114 Å². The number of nitrogens with zero attached hydrogens (tertiary/aromatic N) is 2. The molecule has 1 heterocycles. The number of H-pyrrole nitrogens is 1. The van der Waals surface area contributed by atoms with Crippen LogP contribution in [0.5, 0.6) is 0 Å². The van der Waals surface area contributed by atoms with Gasteiger partial charge >= 0.3 is 0 Å². The van der Waals surface area contributed by atoms with E-state index < -0.39 is 10.0 Å². The van der Waals surface area contributed by atoms with Gasteiger partial charge in [-0.3, -0.25) is 5.10 Å². The van der Waals surface area contributed by atoms with E-state index in [9.17, 15) is 8.42 Å². The zero-order valence-corrected chi connectivity index (χ0v) is 12.5. The molecule has 0 radical (unpaired) electrons. The van der Waals surface area contributed by atoms with Crippen LogP contribution >= 0.6 is 0 Å². The van der Waals surface area contributed by atoms with E-state index in [1.807, 2.05) is 0 Å². The van der Waals surface area contributed by atoms with Gasteiger partial charge in [0.25, 0.3) is 0 Å². The van der Waals surface area contributed by atoms with Gasteiger partial charge in [-0.05, 0) is 26.3 Å². The molecule has 8 heteroatoms. The first-order valence-electron chi connectivity index (χ1n) is 6.49. The lowest BCUT2D eigenvalue weighted by molar-refractivity contribution is 0.545. The highest BCUT2D eigenvalue weighted by atomic mass is 32.2. The molecule has 1 atom stereocenters. The van der Waals surface area contributed by atoms with E-state index in [4.69, 9.17) is 0 Å². The fraction of sp³-hybridized carbons (Fsp3) is 0.818. The van der Waals surface area contributed by atoms with Crippen LogP contribution in [-0.2, 0) is 10.0 Å². The van der Waals surface area contributed by atoms with Gasteiger partial charge in [0.2, 0.25) is 10.0 Å². The van der Waals surface area contributed by atoms with E-state index >= 15 is 0 Å². The highest BCUT2D eigenvalue weighted by Crippen LogP contribution is 2.07. The molecule has 1 unspecified atom stereocenters. The third-order valence-electron chi connectivity index (χ3n) is 2.59. The summed E-state index contributed by atoms with van der Waals surface area (Å²) in [6.07, 6.45) is 2.84. The van der Waals surface area contributed by atoms with Crippen LogP contribution in [0.3, 0.4) is 0 Å². The summed E-state index contributed by atoms with van der Waals surface area (Å²) >= 11 is 0. The minimum Gasteiger partial charge on any atom is -0.315 e. The number of rotatable bonds is 9. The average molecular weight is 289 g/mol. The fourth-order valence-corrected chi connectivity index (χ4v) is 2.97. The third-order valence-corrected chi connectivity index (χ3v) is 4.13. The summed E-state index contributed by atoms with van der Waals surface area (Å²) in [5.41, 5.74) is 0. The summed E-state index contributed by atoms with van der Waals surface area (Å²) in [5, 5.41) is 9.60. The molecule has 1 aromatic heterocycles. The van der Waals surface area contributed by atoms with Crippen LogP contribution in [0.25, 0.3) is 0 Å². The average Bonchev–Trinajstić information content (AvgIpc) is 2.80. The summed E-state index contributed by atoms with van der Waals surface area (Å²) in [7, 11) is -3.27. The number of hydrogen-bond acceptors (Lipinski definition) is 5. The van der Waals surface area contributed by atoms with Gasteiger partial charge in [0, 0.05) is 6.04 Å². The van der Waals surface area contributed by atoms with Crippen molar-refractivity contribution in [3.05, 3.63) is 12.2 Å². The van der Waals surface area contributed by atoms with Gasteiger partial charge in [-0.2, -0.15) is 5.10 Å². The van der Waals surface area contributed by atoms with Gasteiger partial charge in [0.15, 0.2) is 0 Å². The van der Waals surface area contributed by atoms with E-state index in [1.54, 1.807) is 6.92 Å². The molecule has 0 aliphatic heterocycles. The third kappa shape index (κ3) is 6.65. The van der Waals surface area contributed by atoms with Crippen molar-refractivity contribution in [2.24, 2.45) is 0 Å². The van der Waals surface area contributed by atoms with Crippen LogP contribution in [0.1, 0.15) is 45.5 Å². The molecule has 0 fully saturated rings. The highest BCUT2D eigenvalue weighted by molar-refractivity contribution is 7.89. The Morgan fingerprint density at radius 2 is 2.05 bits per heavy atom. The number of aromatic nitrogens is 3. The predicted octanol–water partition coefficient (Wildman–Crippen LogP) is 0.563. The van der Waals surface area contributed by atoms with Crippen LogP contribution in [0, 0.1) is 0 Å². The van der Waals surface area contributed by atoms with Crippen molar-refractivity contribution in [1.82, 2.24) is 25.2 Å². The Hall–Kier alpha value is -0.990. The first kappa shape index (κ1) is 16.1. The molecular formula is C11H23N5O2S. The maximum absolute atomic E-state index is 11.8. The zero-order valence-electron chi connectivity index (χ0n) is 11.7. The second kappa shape index (κ2) is 7.56. The number of sulfonamides is 1. The Balaban J connectivity index is 2.28. The lowest BCUT2D eigenvalue weighted by Gasteiger charge is -2.12. The van der Waals surface area contributed by atoms with Crippen molar-refractivity contribution >= 4 is 10.0 Å². The van der Waals surface area contributed by atoms with E-state index in [1.165, 1.54) is 6.33 Å². The van der Waals surface area contributed by atoms with Gasteiger partial charge in [-0.15, -0.1) is 0 Å². The monoisotopic (exact) mass is 289 g/mol. The SMILES string of the molecule is CC(C)NCCCCS(=O)(=O)NC(C)c1ncn[nH]1. The maximum Gasteiger partial charge on any atom is 0.212 e. The highest BCUT2D eigenvalue weighted by Gasteiger charge is 2.17. The topological polar surface area (TPSA) is 99.8 Å². The second-order valence-corrected chi connectivity index (χ2v) is 6.72. The van der Waals surface area contributed by atoms with Crippen LogP contribution in [0.2, 0.25) is 0 Å². The van der Waals surface area contributed by atoms with Gasteiger partial charge in [-0.1, -0.05) is 13.8 Å². The molecule has 0 bridgehead atoms. The molecule has 3 N–H and O–H groups in total. The van der Waals surface area contributed by atoms with Crippen molar-refractivity contribution in [1.29, 1.82) is 0 Å². The van der Waals surface area contributed by atoms with Crippen molar-refractivity contribution in [3.63, 3.8) is 0 Å². The summed E-state index contributed by atoms with van der Waals surface area (Å²) < 4.78 is 26.3. The van der Waals surface area contributed by atoms with E-state index in [0.717, 1.165) is 13.0 Å². The number of aromatic amines is 1. The Kier molecular flexibility index (Phi) is 6.40. The van der Waals surface area contributed by atoms with Crippen LogP contribution in [0.4, 0.5) is 0 Å². The van der Waals surface area contributed by atoms with Crippen LogP contribution < -0.4 is 10.0 Å². The molecule has 0 saturated carbocycles. The Morgan fingerprint density at radius 1 is 1.32 bits per heavy atom. The van der Waals surface area contributed by atoms with Crippen molar-refractivity contribution < 1.29 is 8.42 Å². The second-order valence-electron chi connectivity index (χ2n) is 4.85. The summed E-state index contributed by atoms with van der Waals surface area (Å²) in [6.45, 7) is 6.71. The molecule has 0 aliphatic rings. The molecule has 110 valence electrons. The standard InChI is InChI=1S/C11H23N5O2S/c1-9(2)12-6-4-5-7-19(17,18)16-10(3)11-13-8-14-15-11/h8-10,12,16H,4-7H2,1-3H3,(H,13,14,15). The first-order chi connectivity index (χ1) is 8.91. The normalized spacial score (nSPS) is 13.9. The molecule has 19 heavy (non-hydrogen) atoms. The molecule has 0 spiro atoms. The first-order valence-corrected chi connectivity index (χ1v) is 8.14. The van der Waals surface area contributed by atoms with Gasteiger partial charge in [-0.25, -0.2) is 18.1 Å². The van der Waals surface area contributed by atoms with Crippen molar-refractivity contribution in [3.8, 4) is 0 Å². The van der Waals surface area contributed by atoms with E-state index in [-0.39, 0.29) is 11.8 Å². The molecule has 0 amide bonds. The minimum atomic E-state index is -3.27. The minimum absolute atomic E-state index is 0.130. The fourth-order valence-electron chi connectivity index (χ4n) is 1.62. The molecule has 1 rings (SSSR count). The van der Waals surface area contributed by atoms with E-state index in [2.05, 4.69) is 39.1 Å². The lowest BCUT2D eigenvalue weighted by atomic mass is 10.3. The van der Waals surface area contributed by atoms with Gasteiger partial charge < -0.3 is 5.32 Å². The number of nitrogens with one attached hydrogen (secondary N) is 3. The largest absolute Gasteiger partial charge is 0.315 e. The Morgan fingerprint density at radius 3 is 2.63 bits per heavy atom. The molecule has 0 aliphatic carbocycles. The van der Waals surface area contributed by atoms with Gasteiger partial charge in [0.1, 0.15) is 12.2 Å². The molecular weight excluding hydrogens is 266 g/mol.